The van der Waals surface area contributed by atoms with Crippen LogP contribution in [0.15, 0.2) is 16.7 Å². The lowest BCUT2D eigenvalue weighted by Gasteiger charge is -2.29. The van der Waals surface area contributed by atoms with Crippen LogP contribution in [0, 0.1) is 5.82 Å². The van der Waals surface area contributed by atoms with Crippen molar-refractivity contribution >= 4 is 22.6 Å². The maximum Gasteiger partial charge on any atom is 0.361 e. The minimum absolute atomic E-state index is 0.0863. The van der Waals surface area contributed by atoms with Gasteiger partial charge in [0.2, 0.25) is 0 Å². The van der Waals surface area contributed by atoms with E-state index < -0.39 is 5.97 Å². The molecule has 1 aliphatic heterocycles. The molecule has 112 valence electrons. The van der Waals surface area contributed by atoms with Gasteiger partial charge in [-0.15, -0.1) is 0 Å². The molecule has 1 saturated heterocycles. The molecule has 1 aliphatic rings. The third-order valence-corrected chi connectivity index (χ3v) is 3.47. The number of hydrogen-bond acceptors (Lipinski definition) is 6. The number of piperazine rings is 1. The summed E-state index contributed by atoms with van der Waals surface area (Å²) < 4.78 is 24.1. The largest absolute Gasteiger partial charge is 0.461 e. The number of carbonyl (C=O) groups is 1. The lowest BCUT2D eigenvalue weighted by atomic mass is 10.1. The summed E-state index contributed by atoms with van der Waals surface area (Å²) in [5.41, 5.74) is 0.787. The number of esters is 1. The summed E-state index contributed by atoms with van der Waals surface area (Å²) in [5, 5.41) is 7.38. The highest BCUT2D eigenvalue weighted by atomic mass is 19.1. The molecular formula is C14H16FN3O3. The molecule has 0 spiro atoms. The van der Waals surface area contributed by atoms with E-state index in [0.717, 1.165) is 13.1 Å². The van der Waals surface area contributed by atoms with Crippen LogP contribution >= 0.6 is 0 Å². The molecule has 3 rings (SSSR count). The molecule has 0 saturated carbocycles. The number of carbonyl (C=O) groups excluding carboxylic acids is 1. The molecule has 6 nitrogen and oxygen atoms in total. The Kier molecular flexibility index (Phi) is 3.74. The topological polar surface area (TPSA) is 67.6 Å². The summed E-state index contributed by atoms with van der Waals surface area (Å²) in [5.74, 6) is -0.940. The minimum Gasteiger partial charge on any atom is -0.461 e. The zero-order chi connectivity index (χ0) is 14.8. The highest BCUT2D eigenvalue weighted by Gasteiger charge is 2.22. The van der Waals surface area contributed by atoms with Gasteiger partial charge in [0.25, 0.3) is 0 Å². The first-order valence-electron chi connectivity index (χ1n) is 6.92. The maximum absolute atomic E-state index is 14.2. The first-order valence-corrected chi connectivity index (χ1v) is 6.92. The molecule has 2 heterocycles. The summed E-state index contributed by atoms with van der Waals surface area (Å²) in [6.45, 7) is 4.98. The molecule has 1 aromatic carbocycles. The molecule has 7 heteroatoms. The van der Waals surface area contributed by atoms with Crippen molar-refractivity contribution < 1.29 is 18.4 Å². The van der Waals surface area contributed by atoms with Crippen LogP contribution in [0.2, 0.25) is 0 Å². The Hall–Kier alpha value is -2.15. The van der Waals surface area contributed by atoms with Gasteiger partial charge in [-0.25, -0.2) is 9.18 Å². The molecule has 0 aliphatic carbocycles. The first-order chi connectivity index (χ1) is 10.2. The van der Waals surface area contributed by atoms with Crippen LogP contribution in [0.25, 0.3) is 11.0 Å². The molecule has 21 heavy (non-hydrogen) atoms. The van der Waals surface area contributed by atoms with Crippen LogP contribution in [0.4, 0.5) is 10.1 Å². The second kappa shape index (κ2) is 5.69. The molecule has 1 fully saturated rings. The second-order valence-electron chi connectivity index (χ2n) is 4.79. The van der Waals surface area contributed by atoms with Gasteiger partial charge in [0.15, 0.2) is 11.3 Å². The van der Waals surface area contributed by atoms with Crippen molar-refractivity contribution in [1.82, 2.24) is 10.5 Å². The Balaban J connectivity index is 2.03. The van der Waals surface area contributed by atoms with E-state index >= 15 is 0 Å². The monoisotopic (exact) mass is 293 g/mol. The minimum atomic E-state index is -0.561. The number of halogens is 1. The Bertz CT molecular complexity index is 665. The number of aromatic nitrogens is 1. The Labute approximate surface area is 120 Å². The van der Waals surface area contributed by atoms with Gasteiger partial charge in [0, 0.05) is 32.2 Å². The Morgan fingerprint density at radius 1 is 1.48 bits per heavy atom. The van der Waals surface area contributed by atoms with Gasteiger partial charge in [-0.05, 0) is 13.0 Å². The average Bonchev–Trinajstić information content (AvgIpc) is 2.90. The number of nitrogens with one attached hydrogen (secondary N) is 1. The number of rotatable bonds is 3. The quantitative estimate of drug-likeness (QED) is 0.866. The van der Waals surface area contributed by atoms with E-state index in [1.54, 1.807) is 13.0 Å². The Morgan fingerprint density at radius 2 is 2.24 bits per heavy atom. The average molecular weight is 293 g/mol. The number of nitrogens with zero attached hydrogens (tertiary/aromatic N) is 2. The second-order valence-corrected chi connectivity index (χ2v) is 4.79. The van der Waals surface area contributed by atoms with Crippen LogP contribution < -0.4 is 10.2 Å². The summed E-state index contributed by atoms with van der Waals surface area (Å²) in [7, 11) is 0. The van der Waals surface area contributed by atoms with Crippen LogP contribution in [0.1, 0.15) is 17.4 Å². The fourth-order valence-corrected chi connectivity index (χ4v) is 2.44. The van der Waals surface area contributed by atoms with Crippen molar-refractivity contribution in [3.8, 4) is 0 Å². The third-order valence-electron chi connectivity index (χ3n) is 3.47. The SMILES string of the molecule is CCOC(=O)c1noc2cc(F)c(N3CCNCC3)cc12. The fourth-order valence-electron chi connectivity index (χ4n) is 2.44. The third kappa shape index (κ3) is 2.56. The zero-order valence-electron chi connectivity index (χ0n) is 11.7. The first kappa shape index (κ1) is 13.8. The summed E-state index contributed by atoms with van der Waals surface area (Å²) >= 11 is 0. The lowest BCUT2D eigenvalue weighted by Crippen LogP contribution is -2.43. The molecule has 1 N–H and O–H groups in total. The predicted octanol–water partition coefficient (Wildman–Crippen LogP) is 1.55. The molecule has 2 aromatic rings. The van der Waals surface area contributed by atoms with Crippen LogP contribution in [-0.4, -0.2) is 43.9 Å². The molecule has 1 aromatic heterocycles. The number of anilines is 1. The number of benzene rings is 1. The van der Waals surface area contributed by atoms with Crippen molar-refractivity contribution in [2.45, 2.75) is 6.92 Å². The lowest BCUT2D eigenvalue weighted by molar-refractivity contribution is 0.0517. The van der Waals surface area contributed by atoms with E-state index in [0.29, 0.717) is 24.2 Å². The summed E-state index contributed by atoms with van der Waals surface area (Å²) in [6.07, 6.45) is 0. The zero-order valence-corrected chi connectivity index (χ0v) is 11.7. The molecule has 0 atom stereocenters. The van der Waals surface area contributed by atoms with Gasteiger partial charge in [-0.1, -0.05) is 5.16 Å². The Morgan fingerprint density at radius 3 is 2.95 bits per heavy atom. The number of fused-ring (bicyclic) bond motifs is 1. The standard InChI is InChI=1S/C14H16FN3O3/c1-2-20-14(19)13-9-7-11(18-5-3-16-4-6-18)10(15)8-12(9)21-17-13/h7-8,16H,2-6H2,1H3. The molecule has 0 radical (unpaired) electrons. The van der Waals surface area contributed by atoms with Gasteiger partial charge < -0.3 is 19.5 Å². The van der Waals surface area contributed by atoms with Crippen molar-refractivity contribution in [3.05, 3.63) is 23.6 Å². The predicted molar refractivity (Wildman–Crippen MR) is 75.0 cm³/mol. The van der Waals surface area contributed by atoms with Crippen molar-refractivity contribution in [3.63, 3.8) is 0 Å². The maximum atomic E-state index is 14.2. The number of hydrogen-bond donors (Lipinski definition) is 1. The normalized spacial score (nSPS) is 15.4. The van der Waals surface area contributed by atoms with Gasteiger partial charge in [0.05, 0.1) is 17.7 Å². The van der Waals surface area contributed by atoms with Gasteiger partial charge in [-0.3, -0.25) is 0 Å². The van der Waals surface area contributed by atoms with Crippen molar-refractivity contribution in [2.24, 2.45) is 0 Å². The fraction of sp³-hybridized carbons (Fsp3) is 0.429. The van der Waals surface area contributed by atoms with E-state index in [1.165, 1.54) is 6.07 Å². The molecule has 0 unspecified atom stereocenters. The van der Waals surface area contributed by atoms with Crippen molar-refractivity contribution in [2.75, 3.05) is 37.7 Å². The van der Waals surface area contributed by atoms with Gasteiger partial charge >= 0.3 is 5.97 Å². The summed E-state index contributed by atoms with van der Waals surface area (Å²) in [6, 6.07) is 2.88. The molecule has 0 amide bonds. The highest BCUT2D eigenvalue weighted by molar-refractivity contribution is 6.02. The van der Waals surface area contributed by atoms with E-state index in [2.05, 4.69) is 10.5 Å². The van der Waals surface area contributed by atoms with Crippen LogP contribution in [0.5, 0.6) is 0 Å². The smallest absolute Gasteiger partial charge is 0.361 e. The molecule has 0 bridgehead atoms. The van der Waals surface area contributed by atoms with Crippen LogP contribution in [-0.2, 0) is 4.74 Å². The van der Waals surface area contributed by atoms with E-state index in [1.807, 2.05) is 4.90 Å². The molecular weight excluding hydrogens is 277 g/mol. The highest BCUT2D eigenvalue weighted by Crippen LogP contribution is 2.28. The van der Waals surface area contributed by atoms with Crippen LogP contribution in [0.3, 0.4) is 0 Å². The van der Waals surface area contributed by atoms with Crippen molar-refractivity contribution in [1.29, 1.82) is 0 Å². The van der Waals surface area contributed by atoms with E-state index in [9.17, 15) is 9.18 Å². The summed E-state index contributed by atoms with van der Waals surface area (Å²) in [4.78, 5) is 13.8. The van der Waals surface area contributed by atoms with Gasteiger partial charge in [0.1, 0.15) is 5.82 Å². The van der Waals surface area contributed by atoms with E-state index in [4.69, 9.17) is 9.26 Å². The van der Waals surface area contributed by atoms with Gasteiger partial charge in [-0.2, -0.15) is 0 Å². The van der Waals surface area contributed by atoms with E-state index in [-0.39, 0.29) is 23.7 Å². The number of ether oxygens (including phenoxy) is 1.